The summed E-state index contributed by atoms with van der Waals surface area (Å²) in [7, 11) is 0. The van der Waals surface area contributed by atoms with Gasteiger partial charge < -0.3 is 0 Å². The highest BCUT2D eigenvalue weighted by Crippen LogP contribution is 2.23. The number of carbonyl (C=O) groups excluding carboxylic acids is 1. The minimum Gasteiger partial charge on any atom is -0.294 e. The number of aliphatic imine (C=N–C) groups is 1. The summed E-state index contributed by atoms with van der Waals surface area (Å²) in [5.74, 6) is -0.940. The molecular weight excluding hydrogens is 388 g/mol. The Morgan fingerprint density at radius 2 is 2.07 bits per heavy atom. The molecule has 0 amide bonds. The van der Waals surface area contributed by atoms with Crippen molar-refractivity contribution in [2.45, 2.75) is 33.1 Å². The minimum absolute atomic E-state index is 0.136. The monoisotopic (exact) mass is 411 g/mol. The van der Waals surface area contributed by atoms with Gasteiger partial charge in [0.2, 0.25) is 0 Å². The SMILES string of the molecule is CCc1nc2c(F)cc(C)cn2c1C(=O)CCc1ccc(N2CCN=CN2)c(F)c1. The lowest BCUT2D eigenvalue weighted by Gasteiger charge is -2.26. The topological polar surface area (TPSA) is 62.0 Å². The molecule has 3 heterocycles. The molecule has 1 N–H and O–H groups in total. The highest BCUT2D eigenvalue weighted by atomic mass is 19.1. The molecule has 1 aromatic carbocycles. The highest BCUT2D eigenvalue weighted by Gasteiger charge is 2.21. The Hall–Kier alpha value is -3.29. The van der Waals surface area contributed by atoms with E-state index in [9.17, 15) is 13.6 Å². The molecule has 1 aliphatic rings. The van der Waals surface area contributed by atoms with E-state index in [4.69, 9.17) is 0 Å². The molecule has 0 saturated heterocycles. The van der Waals surface area contributed by atoms with Crippen molar-refractivity contribution in [3.8, 4) is 0 Å². The maximum Gasteiger partial charge on any atom is 0.181 e. The normalized spacial score (nSPS) is 13.7. The number of rotatable bonds is 6. The quantitative estimate of drug-likeness (QED) is 0.629. The molecule has 0 radical (unpaired) electrons. The van der Waals surface area contributed by atoms with Gasteiger partial charge in [-0.15, -0.1) is 0 Å². The van der Waals surface area contributed by atoms with Crippen LogP contribution in [-0.2, 0) is 12.8 Å². The average molecular weight is 411 g/mol. The maximum atomic E-state index is 14.6. The van der Waals surface area contributed by atoms with Crippen LogP contribution in [0.5, 0.6) is 0 Å². The van der Waals surface area contributed by atoms with E-state index in [1.54, 1.807) is 34.9 Å². The summed E-state index contributed by atoms with van der Waals surface area (Å²) in [6, 6.07) is 6.38. The van der Waals surface area contributed by atoms with Crippen molar-refractivity contribution in [1.29, 1.82) is 0 Å². The first-order valence-electron chi connectivity index (χ1n) is 9.98. The number of nitrogens with zero attached hydrogens (tertiary/aromatic N) is 4. The first-order valence-corrected chi connectivity index (χ1v) is 9.98. The molecule has 1 aliphatic heterocycles. The number of nitrogens with one attached hydrogen (secondary N) is 1. The van der Waals surface area contributed by atoms with Gasteiger partial charge >= 0.3 is 0 Å². The molecular formula is C22H23F2N5O. The molecule has 0 bridgehead atoms. The molecule has 0 spiro atoms. The predicted octanol–water partition coefficient (Wildman–Crippen LogP) is 3.65. The van der Waals surface area contributed by atoms with E-state index in [2.05, 4.69) is 15.4 Å². The molecule has 156 valence electrons. The van der Waals surface area contributed by atoms with E-state index in [1.807, 2.05) is 13.0 Å². The van der Waals surface area contributed by atoms with Gasteiger partial charge in [0.15, 0.2) is 17.2 Å². The van der Waals surface area contributed by atoms with Crippen molar-refractivity contribution in [2.75, 3.05) is 18.1 Å². The molecule has 2 aromatic heterocycles. The molecule has 0 unspecified atom stereocenters. The first kappa shape index (κ1) is 20.0. The van der Waals surface area contributed by atoms with Gasteiger partial charge in [-0.25, -0.2) is 13.8 Å². The number of benzene rings is 1. The zero-order valence-corrected chi connectivity index (χ0v) is 17.0. The summed E-state index contributed by atoms with van der Waals surface area (Å²) in [5.41, 5.74) is 5.93. The zero-order valence-electron chi connectivity index (χ0n) is 17.0. The van der Waals surface area contributed by atoms with Gasteiger partial charge in [-0.3, -0.25) is 24.6 Å². The number of aryl methyl sites for hydroxylation is 3. The fraction of sp³-hybridized carbons (Fsp3) is 0.318. The van der Waals surface area contributed by atoms with E-state index >= 15 is 0 Å². The number of aromatic nitrogens is 2. The van der Waals surface area contributed by atoms with Crippen molar-refractivity contribution in [3.05, 3.63) is 64.6 Å². The molecule has 30 heavy (non-hydrogen) atoms. The number of hydrazine groups is 1. The van der Waals surface area contributed by atoms with Gasteiger partial charge in [0.05, 0.1) is 24.5 Å². The van der Waals surface area contributed by atoms with Crippen LogP contribution in [0.2, 0.25) is 0 Å². The Labute approximate surface area is 173 Å². The van der Waals surface area contributed by atoms with Crippen molar-refractivity contribution >= 4 is 23.5 Å². The third-order valence-electron chi connectivity index (χ3n) is 5.18. The number of ketones is 1. The fourth-order valence-corrected chi connectivity index (χ4v) is 3.71. The Morgan fingerprint density at radius 1 is 1.23 bits per heavy atom. The van der Waals surface area contributed by atoms with Gasteiger partial charge in [-0.05, 0) is 49.1 Å². The Morgan fingerprint density at radius 3 is 2.77 bits per heavy atom. The molecule has 0 fully saturated rings. The summed E-state index contributed by atoms with van der Waals surface area (Å²) >= 11 is 0. The highest BCUT2D eigenvalue weighted by molar-refractivity contribution is 5.96. The van der Waals surface area contributed by atoms with Crippen LogP contribution in [0, 0.1) is 18.6 Å². The first-order chi connectivity index (χ1) is 14.5. The number of carbonyl (C=O) groups is 1. The molecule has 0 saturated carbocycles. The van der Waals surface area contributed by atoms with E-state index in [0.717, 1.165) is 5.56 Å². The second-order valence-corrected chi connectivity index (χ2v) is 7.34. The lowest BCUT2D eigenvalue weighted by Crippen LogP contribution is -2.42. The number of hydrogen-bond acceptors (Lipinski definition) is 5. The Kier molecular flexibility index (Phi) is 5.48. The number of fused-ring (bicyclic) bond motifs is 1. The number of anilines is 1. The number of halogens is 2. The van der Waals surface area contributed by atoms with E-state index in [-0.39, 0.29) is 23.7 Å². The van der Waals surface area contributed by atoms with Crippen LogP contribution in [-0.4, -0.2) is 34.6 Å². The van der Waals surface area contributed by atoms with Gasteiger partial charge in [0.1, 0.15) is 17.8 Å². The fourth-order valence-electron chi connectivity index (χ4n) is 3.71. The average Bonchev–Trinajstić information content (AvgIpc) is 3.11. The van der Waals surface area contributed by atoms with E-state index in [0.29, 0.717) is 48.6 Å². The summed E-state index contributed by atoms with van der Waals surface area (Å²) in [4.78, 5) is 21.3. The number of Topliss-reactive ketones (excluding diaryl/α,β-unsaturated/α-hetero) is 1. The van der Waals surface area contributed by atoms with Crippen molar-refractivity contribution in [3.63, 3.8) is 0 Å². The van der Waals surface area contributed by atoms with Crippen LogP contribution < -0.4 is 10.4 Å². The summed E-state index contributed by atoms with van der Waals surface area (Å²) < 4.78 is 30.4. The van der Waals surface area contributed by atoms with Gasteiger partial charge in [0.25, 0.3) is 0 Å². The van der Waals surface area contributed by atoms with Gasteiger partial charge in [0, 0.05) is 12.6 Å². The van der Waals surface area contributed by atoms with Crippen LogP contribution in [0.3, 0.4) is 0 Å². The third-order valence-corrected chi connectivity index (χ3v) is 5.18. The largest absolute Gasteiger partial charge is 0.294 e. The standard InChI is InChI=1S/C22H23F2N5O/c1-3-18-21(28-12-14(2)10-17(24)22(28)27-18)20(30)7-5-15-4-6-19(16(23)11-15)29-9-8-25-13-26-29/h4,6,10-13H,3,5,7-9H2,1-2H3,(H,25,26). The smallest absolute Gasteiger partial charge is 0.181 e. The second kappa shape index (κ2) is 8.22. The zero-order chi connectivity index (χ0) is 21.3. The van der Waals surface area contributed by atoms with Gasteiger partial charge in [-0.1, -0.05) is 13.0 Å². The number of pyridine rings is 1. The van der Waals surface area contributed by atoms with Crippen molar-refractivity contribution in [2.24, 2.45) is 4.99 Å². The van der Waals surface area contributed by atoms with E-state index < -0.39 is 5.82 Å². The predicted molar refractivity (Wildman–Crippen MR) is 112 cm³/mol. The molecule has 6 nitrogen and oxygen atoms in total. The van der Waals surface area contributed by atoms with Crippen LogP contribution in [0.4, 0.5) is 14.5 Å². The maximum absolute atomic E-state index is 14.6. The molecule has 0 atom stereocenters. The minimum atomic E-state index is -0.447. The number of hydrogen-bond donors (Lipinski definition) is 1. The summed E-state index contributed by atoms with van der Waals surface area (Å²) in [6.07, 6.45) is 4.36. The van der Waals surface area contributed by atoms with E-state index in [1.165, 1.54) is 12.1 Å². The lowest BCUT2D eigenvalue weighted by molar-refractivity contribution is 0.0976. The van der Waals surface area contributed by atoms with Crippen LogP contribution in [0.15, 0.2) is 35.5 Å². The van der Waals surface area contributed by atoms with Gasteiger partial charge in [-0.2, -0.15) is 0 Å². The molecule has 4 rings (SSSR count). The molecule has 8 heteroatoms. The summed E-state index contributed by atoms with van der Waals surface area (Å²) in [5, 5.41) is 1.69. The number of imidazole rings is 1. The lowest BCUT2D eigenvalue weighted by atomic mass is 10.0. The van der Waals surface area contributed by atoms with Crippen LogP contribution in [0.25, 0.3) is 5.65 Å². The van der Waals surface area contributed by atoms with Crippen molar-refractivity contribution in [1.82, 2.24) is 14.8 Å². The molecule has 0 aliphatic carbocycles. The third kappa shape index (κ3) is 3.77. The Bertz CT molecular complexity index is 1140. The van der Waals surface area contributed by atoms with Crippen molar-refractivity contribution < 1.29 is 13.6 Å². The summed E-state index contributed by atoms with van der Waals surface area (Å²) in [6.45, 7) is 4.84. The second-order valence-electron chi connectivity index (χ2n) is 7.34. The Balaban J connectivity index is 1.54. The van der Waals surface area contributed by atoms with Crippen LogP contribution in [0.1, 0.15) is 40.7 Å². The molecule has 3 aromatic rings. The van der Waals surface area contributed by atoms with Crippen LogP contribution >= 0.6 is 0 Å².